The topological polar surface area (TPSA) is 69.0 Å². The molecule has 1 aliphatic rings. The normalized spacial score (nSPS) is 15.0. The Morgan fingerprint density at radius 3 is 2.43 bits per heavy atom. The van der Waals surface area contributed by atoms with E-state index in [1.165, 1.54) is 24.3 Å². The molecule has 0 atom stereocenters. The van der Waals surface area contributed by atoms with Gasteiger partial charge in [0.25, 0.3) is 5.91 Å². The van der Waals surface area contributed by atoms with E-state index in [0.717, 1.165) is 0 Å². The van der Waals surface area contributed by atoms with Crippen LogP contribution >= 0.6 is 0 Å². The minimum Gasteiger partial charge on any atom is -0.406 e. The van der Waals surface area contributed by atoms with Crippen molar-refractivity contribution in [1.82, 2.24) is 19.5 Å². The zero-order valence-corrected chi connectivity index (χ0v) is 14.5. The molecule has 0 aliphatic carbocycles. The van der Waals surface area contributed by atoms with E-state index in [4.69, 9.17) is 4.74 Å². The van der Waals surface area contributed by atoms with Crippen LogP contribution in [-0.4, -0.2) is 58.1 Å². The Hall–Kier alpha value is -3.14. The molecule has 3 aromatic rings. The van der Waals surface area contributed by atoms with Crippen LogP contribution in [0.5, 0.6) is 5.75 Å². The number of benzene rings is 1. The maximum Gasteiger partial charge on any atom is 0.573 e. The minimum atomic E-state index is -4.75. The van der Waals surface area contributed by atoms with Gasteiger partial charge in [0.2, 0.25) is 0 Å². The van der Waals surface area contributed by atoms with E-state index in [0.29, 0.717) is 48.9 Å². The lowest BCUT2D eigenvalue weighted by molar-refractivity contribution is -0.274. The van der Waals surface area contributed by atoms with Crippen LogP contribution in [0.2, 0.25) is 0 Å². The van der Waals surface area contributed by atoms with Crippen LogP contribution in [0.1, 0.15) is 10.4 Å². The molecule has 1 amide bonds. The molecular weight excluding hydrogens is 377 g/mol. The van der Waals surface area contributed by atoms with Crippen molar-refractivity contribution in [3.8, 4) is 17.1 Å². The Morgan fingerprint density at radius 2 is 1.75 bits per heavy atom. The van der Waals surface area contributed by atoms with E-state index < -0.39 is 6.36 Å². The molecule has 2 aromatic heterocycles. The van der Waals surface area contributed by atoms with Gasteiger partial charge in [-0.25, -0.2) is 0 Å². The fourth-order valence-electron chi connectivity index (χ4n) is 2.97. The minimum absolute atomic E-state index is 0.126. The Labute approximate surface area is 157 Å². The van der Waals surface area contributed by atoms with Crippen LogP contribution in [0.3, 0.4) is 0 Å². The predicted molar refractivity (Wildman–Crippen MR) is 91.8 cm³/mol. The quantitative estimate of drug-likeness (QED) is 0.686. The second-order valence-corrected chi connectivity index (χ2v) is 6.15. The molecule has 0 bridgehead atoms. The summed E-state index contributed by atoms with van der Waals surface area (Å²) in [6.07, 6.45) is -3.12. The van der Waals surface area contributed by atoms with Gasteiger partial charge in [-0.15, -0.1) is 23.4 Å². The van der Waals surface area contributed by atoms with Crippen molar-refractivity contribution in [1.29, 1.82) is 0 Å². The van der Waals surface area contributed by atoms with Crippen LogP contribution in [0.4, 0.5) is 13.2 Å². The Bertz CT molecular complexity index is 995. The summed E-state index contributed by atoms with van der Waals surface area (Å²) < 4.78 is 47.7. The van der Waals surface area contributed by atoms with Crippen LogP contribution in [0.25, 0.3) is 17.0 Å². The summed E-state index contributed by atoms with van der Waals surface area (Å²) in [5, 5.41) is 8.13. The lowest BCUT2D eigenvalue weighted by atomic mass is 10.2. The summed E-state index contributed by atoms with van der Waals surface area (Å²) in [6.45, 7) is 2.04. The summed E-state index contributed by atoms with van der Waals surface area (Å²) >= 11 is 0. The number of hydrogen-bond donors (Lipinski definition) is 0. The smallest absolute Gasteiger partial charge is 0.406 e. The first-order valence-corrected chi connectivity index (χ1v) is 8.49. The Kier molecular flexibility index (Phi) is 4.63. The molecule has 1 aromatic carbocycles. The van der Waals surface area contributed by atoms with E-state index in [1.807, 2.05) is 0 Å². The van der Waals surface area contributed by atoms with Gasteiger partial charge >= 0.3 is 6.36 Å². The third-order valence-electron chi connectivity index (χ3n) is 4.29. The van der Waals surface area contributed by atoms with Gasteiger partial charge in [0.15, 0.2) is 11.5 Å². The van der Waals surface area contributed by atoms with Crippen molar-refractivity contribution in [2.75, 3.05) is 26.3 Å². The zero-order valence-electron chi connectivity index (χ0n) is 14.5. The number of hydrogen-bond acceptors (Lipinski definition) is 5. The van der Waals surface area contributed by atoms with Gasteiger partial charge < -0.3 is 14.4 Å². The monoisotopic (exact) mass is 392 g/mol. The van der Waals surface area contributed by atoms with E-state index in [2.05, 4.69) is 14.9 Å². The van der Waals surface area contributed by atoms with Crippen molar-refractivity contribution < 1.29 is 27.4 Å². The number of carbonyl (C=O) groups is 1. The first-order valence-electron chi connectivity index (χ1n) is 8.49. The second kappa shape index (κ2) is 7.12. The molecule has 146 valence electrons. The van der Waals surface area contributed by atoms with Crippen LogP contribution in [-0.2, 0) is 4.74 Å². The molecule has 1 aliphatic heterocycles. The summed E-state index contributed by atoms with van der Waals surface area (Å²) in [5.41, 5.74) is 1.52. The molecular formula is C18H15F3N4O3. The van der Waals surface area contributed by atoms with E-state index in [-0.39, 0.29) is 11.7 Å². The van der Waals surface area contributed by atoms with Crippen molar-refractivity contribution in [2.24, 2.45) is 0 Å². The number of aromatic nitrogens is 3. The fraction of sp³-hybridized carbons (Fsp3) is 0.278. The number of pyridine rings is 1. The maximum atomic E-state index is 12.7. The fourth-order valence-corrected chi connectivity index (χ4v) is 2.97. The Balaban J connectivity index is 1.63. The van der Waals surface area contributed by atoms with E-state index in [1.54, 1.807) is 27.6 Å². The van der Waals surface area contributed by atoms with E-state index in [9.17, 15) is 18.0 Å². The van der Waals surface area contributed by atoms with Crippen LogP contribution < -0.4 is 4.74 Å². The summed E-state index contributed by atoms with van der Waals surface area (Å²) in [6, 6.07) is 8.65. The van der Waals surface area contributed by atoms with Gasteiger partial charge in [-0.3, -0.25) is 9.20 Å². The predicted octanol–water partition coefficient (Wildman–Crippen LogP) is 2.77. The molecule has 3 heterocycles. The average Bonchev–Trinajstić information content (AvgIpc) is 3.11. The highest BCUT2D eigenvalue weighted by Gasteiger charge is 2.31. The van der Waals surface area contributed by atoms with Gasteiger partial charge in [0.05, 0.1) is 18.8 Å². The van der Waals surface area contributed by atoms with Crippen molar-refractivity contribution >= 4 is 11.6 Å². The number of ether oxygens (including phenoxy) is 2. The van der Waals surface area contributed by atoms with E-state index >= 15 is 0 Å². The molecule has 7 nitrogen and oxygen atoms in total. The van der Waals surface area contributed by atoms with Crippen LogP contribution in [0.15, 0.2) is 42.6 Å². The highest BCUT2D eigenvalue weighted by atomic mass is 19.4. The van der Waals surface area contributed by atoms with Gasteiger partial charge in [0.1, 0.15) is 5.75 Å². The molecule has 1 fully saturated rings. The third-order valence-corrected chi connectivity index (χ3v) is 4.29. The number of alkyl halides is 3. The Morgan fingerprint density at radius 1 is 1.04 bits per heavy atom. The highest BCUT2D eigenvalue weighted by Crippen LogP contribution is 2.26. The third kappa shape index (κ3) is 3.77. The number of carbonyl (C=O) groups excluding carboxylic acids is 1. The SMILES string of the molecule is O=C(c1ccc2nnc(-c3ccc(OC(F)(F)F)cc3)n2c1)N1CCOCC1. The zero-order chi connectivity index (χ0) is 19.7. The number of amides is 1. The first-order chi connectivity index (χ1) is 13.4. The average molecular weight is 392 g/mol. The molecule has 28 heavy (non-hydrogen) atoms. The molecule has 0 saturated carbocycles. The highest BCUT2D eigenvalue weighted by molar-refractivity contribution is 5.94. The van der Waals surface area contributed by atoms with Gasteiger partial charge in [-0.2, -0.15) is 0 Å². The summed E-state index contributed by atoms with van der Waals surface area (Å²) in [5.74, 6) is -0.0442. The molecule has 10 heteroatoms. The van der Waals surface area contributed by atoms with Crippen molar-refractivity contribution in [3.63, 3.8) is 0 Å². The number of nitrogens with zero attached hydrogens (tertiary/aromatic N) is 4. The number of halogens is 3. The molecule has 0 N–H and O–H groups in total. The maximum absolute atomic E-state index is 12.7. The van der Waals surface area contributed by atoms with Crippen LogP contribution in [0, 0.1) is 0 Å². The number of morpholine rings is 1. The van der Waals surface area contributed by atoms with Gasteiger partial charge in [-0.05, 0) is 36.4 Å². The van der Waals surface area contributed by atoms with Gasteiger partial charge in [-0.1, -0.05) is 0 Å². The lowest BCUT2D eigenvalue weighted by Gasteiger charge is -2.26. The molecule has 0 spiro atoms. The summed E-state index contributed by atoms with van der Waals surface area (Å²) in [4.78, 5) is 14.4. The molecule has 4 rings (SSSR count). The van der Waals surface area contributed by atoms with Gasteiger partial charge in [0, 0.05) is 24.8 Å². The molecule has 0 radical (unpaired) electrons. The standard InChI is InChI=1S/C18H15F3N4O3/c19-18(20,21)28-14-4-1-12(2-5-14)16-23-22-15-6-3-13(11-25(15)16)17(26)24-7-9-27-10-8-24/h1-6,11H,7-10H2. The largest absolute Gasteiger partial charge is 0.573 e. The molecule has 1 saturated heterocycles. The number of rotatable bonds is 3. The molecule has 0 unspecified atom stereocenters. The van der Waals surface area contributed by atoms with Crippen molar-refractivity contribution in [2.45, 2.75) is 6.36 Å². The first kappa shape index (κ1) is 18.2. The number of fused-ring (bicyclic) bond motifs is 1. The lowest BCUT2D eigenvalue weighted by Crippen LogP contribution is -2.40. The summed E-state index contributed by atoms with van der Waals surface area (Å²) in [7, 11) is 0. The second-order valence-electron chi connectivity index (χ2n) is 6.15. The van der Waals surface area contributed by atoms with Crippen molar-refractivity contribution in [3.05, 3.63) is 48.2 Å².